The average Bonchev–Trinajstić information content (AvgIpc) is 2.76. The Labute approximate surface area is 194 Å². The van der Waals surface area contributed by atoms with Gasteiger partial charge in [0.15, 0.2) is 0 Å². The van der Waals surface area contributed by atoms with Crippen LogP contribution in [0.25, 0.3) is 0 Å². The molecule has 3 heterocycles. The van der Waals surface area contributed by atoms with Gasteiger partial charge in [0, 0.05) is 49.9 Å². The van der Waals surface area contributed by atoms with E-state index in [2.05, 4.69) is 34.9 Å². The lowest BCUT2D eigenvalue weighted by atomic mass is 10.3. The van der Waals surface area contributed by atoms with Crippen molar-refractivity contribution in [3.05, 3.63) is 22.9 Å². The van der Waals surface area contributed by atoms with Gasteiger partial charge >= 0.3 is 0 Å². The maximum Gasteiger partial charge on any atom is 0.264 e. The van der Waals surface area contributed by atoms with Gasteiger partial charge in [-0.2, -0.15) is 8.42 Å². The molecule has 31 heavy (non-hydrogen) atoms. The van der Waals surface area contributed by atoms with Gasteiger partial charge < -0.3 is 14.2 Å². The van der Waals surface area contributed by atoms with E-state index in [1.165, 1.54) is 0 Å². The summed E-state index contributed by atoms with van der Waals surface area (Å²) in [6.07, 6.45) is 6.33. The number of pyridine rings is 1. The zero-order chi connectivity index (χ0) is 22.4. The van der Waals surface area contributed by atoms with Crippen LogP contribution >= 0.6 is 15.9 Å². The first-order valence-electron chi connectivity index (χ1n) is 10.6. The highest BCUT2D eigenvalue weighted by molar-refractivity contribution is 9.10. The van der Waals surface area contributed by atoms with Gasteiger partial charge in [0.05, 0.1) is 52.1 Å². The van der Waals surface area contributed by atoms with Crippen molar-refractivity contribution in [2.75, 3.05) is 85.2 Å². The van der Waals surface area contributed by atoms with Crippen molar-refractivity contribution in [1.29, 1.82) is 0 Å². The molecule has 9 nitrogen and oxygen atoms in total. The Hall–Kier alpha value is -0.820. The summed E-state index contributed by atoms with van der Waals surface area (Å²) in [5.41, 5.74) is 0. The zero-order valence-corrected chi connectivity index (χ0v) is 20.6. The van der Waals surface area contributed by atoms with E-state index in [-0.39, 0.29) is 6.61 Å². The van der Waals surface area contributed by atoms with Gasteiger partial charge in [-0.05, 0) is 34.8 Å². The Morgan fingerprint density at radius 3 is 2.03 bits per heavy atom. The molecule has 2 fully saturated rings. The molecule has 1 aromatic rings. The van der Waals surface area contributed by atoms with Crippen LogP contribution in [0.4, 0.5) is 0 Å². The van der Waals surface area contributed by atoms with Crippen LogP contribution in [0.3, 0.4) is 0 Å². The van der Waals surface area contributed by atoms with Crippen LogP contribution in [-0.4, -0.2) is 108 Å². The van der Waals surface area contributed by atoms with Crippen molar-refractivity contribution in [3.63, 3.8) is 0 Å². The third-order valence-electron chi connectivity index (χ3n) is 4.69. The number of nitrogens with zero attached hydrogens (tertiary/aromatic N) is 3. The molecule has 2 aliphatic rings. The molecule has 2 saturated heterocycles. The number of halogens is 1. The van der Waals surface area contributed by atoms with Crippen LogP contribution in [-0.2, 0) is 23.8 Å². The Morgan fingerprint density at radius 1 is 0.968 bits per heavy atom. The number of morpholine rings is 2. The second-order valence-electron chi connectivity index (χ2n) is 7.33. The first-order valence-corrected chi connectivity index (χ1v) is 13.2. The van der Waals surface area contributed by atoms with E-state index >= 15 is 0 Å². The van der Waals surface area contributed by atoms with E-state index in [9.17, 15) is 8.42 Å². The number of hydrogen-bond acceptors (Lipinski definition) is 9. The van der Waals surface area contributed by atoms with Gasteiger partial charge in [0.1, 0.15) is 5.75 Å². The maximum atomic E-state index is 10.6. The second-order valence-corrected chi connectivity index (χ2v) is 9.89. The molecular formula is C20H34BrN3O6S. The Balaban J connectivity index is 0.000000225. The molecule has 2 aliphatic heterocycles. The fourth-order valence-electron chi connectivity index (χ4n) is 3.10. The molecule has 0 unspecified atom stereocenters. The van der Waals surface area contributed by atoms with E-state index < -0.39 is 10.1 Å². The topological polar surface area (TPSA) is 90.4 Å². The van der Waals surface area contributed by atoms with Gasteiger partial charge in [-0.1, -0.05) is 0 Å². The first kappa shape index (κ1) is 26.4. The number of hydrogen-bond donors (Lipinski definition) is 0. The highest BCUT2D eigenvalue weighted by Crippen LogP contribution is 2.15. The Morgan fingerprint density at radius 2 is 1.52 bits per heavy atom. The summed E-state index contributed by atoms with van der Waals surface area (Å²) in [6.45, 7) is 10.1. The van der Waals surface area contributed by atoms with Crippen LogP contribution in [0, 0.1) is 0 Å². The molecular weight excluding hydrogens is 490 g/mol. The van der Waals surface area contributed by atoms with Crippen LogP contribution in [0.2, 0.25) is 0 Å². The molecule has 0 aliphatic carbocycles. The average molecular weight is 524 g/mol. The molecule has 0 spiro atoms. The van der Waals surface area contributed by atoms with E-state index in [4.69, 9.17) is 14.2 Å². The molecule has 1 aromatic heterocycles. The van der Waals surface area contributed by atoms with Crippen molar-refractivity contribution in [2.45, 2.75) is 12.8 Å². The second kappa shape index (κ2) is 15.1. The normalized spacial score (nSPS) is 18.3. The monoisotopic (exact) mass is 523 g/mol. The number of ether oxygens (including phenoxy) is 3. The van der Waals surface area contributed by atoms with E-state index in [0.29, 0.717) is 0 Å². The maximum absolute atomic E-state index is 10.6. The van der Waals surface area contributed by atoms with Crippen LogP contribution < -0.4 is 4.74 Å². The predicted octanol–water partition coefficient (Wildman–Crippen LogP) is 1.63. The molecule has 0 N–H and O–H groups in total. The molecule has 11 heteroatoms. The summed E-state index contributed by atoms with van der Waals surface area (Å²) in [5, 5.41) is 0. The van der Waals surface area contributed by atoms with E-state index in [1.807, 2.05) is 6.07 Å². The lowest BCUT2D eigenvalue weighted by Gasteiger charge is -2.26. The van der Waals surface area contributed by atoms with E-state index in [1.54, 1.807) is 12.4 Å². The minimum absolute atomic E-state index is 0.274. The highest BCUT2D eigenvalue weighted by atomic mass is 79.9. The molecule has 0 atom stereocenters. The molecule has 3 rings (SSSR count). The molecule has 0 radical (unpaired) electrons. The standard InChI is InChI=1S/C12H17BrN2O2.C8H17NO4S/c13-11-8-12(10-14-9-11)17-5-1-2-15-3-6-16-7-4-15;1-14(10,11)13-6-2-3-9-4-7-12-8-5-9/h8-10H,1-7H2;2-8H2,1H3. The van der Waals surface area contributed by atoms with Gasteiger partial charge in [-0.15, -0.1) is 0 Å². The van der Waals surface area contributed by atoms with Gasteiger partial charge in [0.2, 0.25) is 0 Å². The smallest absolute Gasteiger partial charge is 0.264 e. The highest BCUT2D eigenvalue weighted by Gasteiger charge is 2.10. The minimum Gasteiger partial charge on any atom is -0.492 e. The Kier molecular flexibility index (Phi) is 12.9. The fourth-order valence-corrected chi connectivity index (χ4v) is 3.86. The lowest BCUT2D eigenvalue weighted by Crippen LogP contribution is -2.37. The number of rotatable bonds is 10. The van der Waals surface area contributed by atoms with Crippen molar-refractivity contribution in [1.82, 2.24) is 14.8 Å². The van der Waals surface area contributed by atoms with Gasteiger partial charge in [0.25, 0.3) is 10.1 Å². The molecule has 0 amide bonds. The SMILES string of the molecule is Brc1cncc(OCCCN2CCOCC2)c1.CS(=O)(=O)OCCCN1CCOCC1. The third-order valence-corrected chi connectivity index (χ3v) is 5.72. The largest absolute Gasteiger partial charge is 0.492 e. The minimum atomic E-state index is -3.27. The summed E-state index contributed by atoms with van der Waals surface area (Å²) < 4.78 is 43.0. The summed E-state index contributed by atoms with van der Waals surface area (Å²) in [6, 6.07) is 1.93. The summed E-state index contributed by atoms with van der Waals surface area (Å²) in [7, 11) is -3.27. The molecule has 178 valence electrons. The van der Waals surface area contributed by atoms with Gasteiger partial charge in [-0.3, -0.25) is 19.0 Å². The van der Waals surface area contributed by atoms with Crippen molar-refractivity contribution in [3.8, 4) is 5.75 Å². The van der Waals surface area contributed by atoms with Crippen molar-refractivity contribution < 1.29 is 26.8 Å². The predicted molar refractivity (Wildman–Crippen MR) is 122 cm³/mol. The summed E-state index contributed by atoms with van der Waals surface area (Å²) >= 11 is 3.37. The van der Waals surface area contributed by atoms with Crippen molar-refractivity contribution >= 4 is 26.0 Å². The van der Waals surface area contributed by atoms with Crippen molar-refractivity contribution in [2.24, 2.45) is 0 Å². The van der Waals surface area contributed by atoms with Crippen LogP contribution in [0.15, 0.2) is 22.9 Å². The van der Waals surface area contributed by atoms with Gasteiger partial charge in [-0.25, -0.2) is 0 Å². The molecule has 0 bridgehead atoms. The first-order chi connectivity index (χ1) is 14.9. The lowest BCUT2D eigenvalue weighted by molar-refractivity contribution is 0.0358. The molecule has 0 saturated carbocycles. The molecule has 0 aromatic carbocycles. The zero-order valence-electron chi connectivity index (χ0n) is 18.2. The summed E-state index contributed by atoms with van der Waals surface area (Å²) in [5.74, 6) is 0.821. The van der Waals surface area contributed by atoms with E-state index in [0.717, 1.165) is 102 Å². The Bertz CT molecular complexity index is 713. The third kappa shape index (κ3) is 13.4. The van der Waals surface area contributed by atoms with Crippen LogP contribution in [0.5, 0.6) is 5.75 Å². The quantitative estimate of drug-likeness (QED) is 0.335. The fraction of sp³-hybridized carbons (Fsp3) is 0.750. The van der Waals surface area contributed by atoms with Crippen LogP contribution in [0.1, 0.15) is 12.8 Å². The number of aromatic nitrogens is 1. The summed E-state index contributed by atoms with van der Waals surface area (Å²) in [4.78, 5) is 8.71.